The Morgan fingerprint density at radius 1 is 0.971 bits per heavy atom. The second-order valence-corrected chi connectivity index (χ2v) is 11.4. The first-order chi connectivity index (χ1) is 16.9. The van der Waals surface area contributed by atoms with Gasteiger partial charge in [0.1, 0.15) is 12.1 Å². The van der Waals surface area contributed by atoms with Crippen LogP contribution in [-0.2, 0) is 32.6 Å². The average molecular weight is 512 g/mol. The molecule has 1 aliphatic rings. The molecule has 0 aliphatic carbocycles. The minimum atomic E-state index is -3.84. The third kappa shape index (κ3) is 6.36. The zero-order valence-corrected chi connectivity index (χ0v) is 20.9. The molecule has 184 valence electrons. The van der Waals surface area contributed by atoms with E-state index in [9.17, 15) is 18.0 Å². The number of nitrogens with zero attached hydrogens (tertiary/aromatic N) is 1. The largest absolute Gasteiger partial charge is 0.349 e. The zero-order chi connectivity index (χ0) is 24.7. The van der Waals surface area contributed by atoms with Crippen molar-refractivity contribution < 1.29 is 18.0 Å². The Kier molecular flexibility index (Phi) is 8.33. The van der Waals surface area contributed by atoms with E-state index in [0.29, 0.717) is 25.8 Å². The van der Waals surface area contributed by atoms with E-state index in [1.54, 1.807) is 29.5 Å². The third-order valence-electron chi connectivity index (χ3n) is 6.04. The highest BCUT2D eigenvalue weighted by atomic mass is 32.2. The molecule has 1 saturated heterocycles. The molecule has 2 N–H and O–H groups in total. The van der Waals surface area contributed by atoms with Crippen molar-refractivity contribution in [3.05, 3.63) is 88.6 Å². The van der Waals surface area contributed by atoms with Crippen molar-refractivity contribution in [3.63, 3.8) is 0 Å². The topological polar surface area (TPSA) is 95.6 Å². The summed E-state index contributed by atoms with van der Waals surface area (Å²) in [5, 5.41) is 7.71. The van der Waals surface area contributed by atoms with Crippen LogP contribution in [0.5, 0.6) is 0 Å². The van der Waals surface area contributed by atoms with Crippen LogP contribution in [0.25, 0.3) is 0 Å². The van der Waals surface area contributed by atoms with E-state index in [1.165, 1.54) is 16.4 Å². The first-order valence-corrected chi connectivity index (χ1v) is 14.0. The van der Waals surface area contributed by atoms with Gasteiger partial charge in [-0.25, -0.2) is 8.42 Å². The van der Waals surface area contributed by atoms with Gasteiger partial charge in [0.15, 0.2) is 0 Å². The smallest absolute Gasteiger partial charge is 0.243 e. The maximum Gasteiger partial charge on any atom is 0.243 e. The van der Waals surface area contributed by atoms with E-state index in [2.05, 4.69) is 10.6 Å². The van der Waals surface area contributed by atoms with E-state index in [1.807, 2.05) is 47.8 Å². The maximum atomic E-state index is 13.4. The summed E-state index contributed by atoms with van der Waals surface area (Å²) in [7, 11) is -3.84. The summed E-state index contributed by atoms with van der Waals surface area (Å²) >= 11 is 1.54. The lowest BCUT2D eigenvalue weighted by molar-refractivity contribution is -0.131. The van der Waals surface area contributed by atoms with Gasteiger partial charge >= 0.3 is 0 Å². The molecule has 0 unspecified atom stereocenters. The molecule has 0 saturated carbocycles. The Bertz CT molecular complexity index is 1220. The molecule has 2 aromatic carbocycles. The number of carbonyl (C=O) groups excluding carboxylic acids is 2. The van der Waals surface area contributed by atoms with Crippen molar-refractivity contribution in [2.24, 2.45) is 0 Å². The highest BCUT2D eigenvalue weighted by Gasteiger charge is 2.38. The Morgan fingerprint density at radius 3 is 2.37 bits per heavy atom. The van der Waals surface area contributed by atoms with E-state index >= 15 is 0 Å². The summed E-state index contributed by atoms with van der Waals surface area (Å²) in [5.74, 6) is -0.750. The molecule has 35 heavy (non-hydrogen) atoms. The van der Waals surface area contributed by atoms with Crippen molar-refractivity contribution in [2.75, 3.05) is 6.54 Å². The number of carbonyl (C=O) groups is 2. The van der Waals surface area contributed by atoms with Crippen molar-refractivity contribution in [1.82, 2.24) is 14.9 Å². The van der Waals surface area contributed by atoms with E-state index in [-0.39, 0.29) is 17.3 Å². The average Bonchev–Trinajstić information content (AvgIpc) is 3.42. The molecule has 1 fully saturated rings. The molecule has 9 heteroatoms. The monoisotopic (exact) mass is 511 g/mol. The number of hydrogen-bond donors (Lipinski definition) is 2. The number of benzene rings is 2. The number of rotatable bonds is 9. The number of nitrogens with one attached hydrogen (secondary N) is 2. The van der Waals surface area contributed by atoms with Crippen LogP contribution in [0.15, 0.2) is 83.1 Å². The molecule has 1 aliphatic heterocycles. The SMILES string of the molecule is O=C(NCc1cccs1)[C@H](Cc1ccccc1)NC(=O)[C@@H]1CCCCN1S(=O)(=O)c1ccccc1. The molecule has 2 heterocycles. The van der Waals surface area contributed by atoms with Gasteiger partial charge in [-0.05, 0) is 42.0 Å². The van der Waals surface area contributed by atoms with Crippen LogP contribution in [0.4, 0.5) is 0 Å². The van der Waals surface area contributed by atoms with Gasteiger partial charge in [-0.3, -0.25) is 9.59 Å². The molecule has 7 nitrogen and oxygen atoms in total. The van der Waals surface area contributed by atoms with Gasteiger partial charge in [0.2, 0.25) is 21.8 Å². The zero-order valence-electron chi connectivity index (χ0n) is 19.3. The van der Waals surface area contributed by atoms with Crippen LogP contribution in [0.2, 0.25) is 0 Å². The fourth-order valence-corrected chi connectivity index (χ4v) is 6.54. The molecular weight excluding hydrogens is 482 g/mol. The Hall–Kier alpha value is -3.01. The molecule has 1 aromatic heterocycles. The van der Waals surface area contributed by atoms with Crippen molar-refractivity contribution in [1.29, 1.82) is 0 Å². The summed E-state index contributed by atoms with van der Waals surface area (Å²) in [6, 6.07) is 19.8. The van der Waals surface area contributed by atoms with Gasteiger partial charge in [-0.15, -0.1) is 11.3 Å². The predicted molar refractivity (Wildman–Crippen MR) is 136 cm³/mol. The van der Waals surface area contributed by atoms with Gasteiger partial charge in [0, 0.05) is 17.8 Å². The van der Waals surface area contributed by atoms with Gasteiger partial charge in [-0.2, -0.15) is 4.31 Å². The van der Waals surface area contributed by atoms with Crippen LogP contribution in [0.1, 0.15) is 29.7 Å². The van der Waals surface area contributed by atoms with Gasteiger partial charge in [0.05, 0.1) is 11.4 Å². The number of sulfonamides is 1. The Labute approximate surface area is 210 Å². The standard InChI is InChI=1S/C26H29N3O4S2/c30-25(27-19-21-12-9-17-34-21)23(18-20-10-3-1-4-11-20)28-26(31)24-15-7-8-16-29(24)35(32,33)22-13-5-2-6-14-22/h1-6,9-14,17,23-24H,7-8,15-16,18-19H2,(H,27,30)(H,28,31)/t23-,24-/m0/s1. The maximum absolute atomic E-state index is 13.4. The van der Waals surface area contributed by atoms with Crippen LogP contribution in [0, 0.1) is 0 Å². The highest BCUT2D eigenvalue weighted by molar-refractivity contribution is 7.89. The summed E-state index contributed by atoms with van der Waals surface area (Å²) < 4.78 is 27.9. The van der Waals surface area contributed by atoms with Crippen molar-refractivity contribution >= 4 is 33.2 Å². The minimum absolute atomic E-state index is 0.161. The lowest BCUT2D eigenvalue weighted by atomic mass is 10.0. The summed E-state index contributed by atoms with van der Waals surface area (Å²) in [6.07, 6.45) is 2.14. The Balaban J connectivity index is 1.52. The quantitative estimate of drug-likeness (QED) is 0.461. The molecular formula is C26H29N3O4S2. The van der Waals surface area contributed by atoms with E-state index < -0.39 is 28.0 Å². The van der Waals surface area contributed by atoms with Crippen LogP contribution < -0.4 is 10.6 Å². The predicted octanol–water partition coefficient (Wildman–Crippen LogP) is 3.34. The summed E-state index contributed by atoms with van der Waals surface area (Å²) in [4.78, 5) is 27.7. The number of amides is 2. The van der Waals surface area contributed by atoms with Gasteiger partial charge in [-0.1, -0.05) is 61.0 Å². The Morgan fingerprint density at radius 2 is 1.69 bits per heavy atom. The fourth-order valence-electron chi connectivity index (χ4n) is 4.22. The van der Waals surface area contributed by atoms with E-state index in [4.69, 9.17) is 0 Å². The number of hydrogen-bond acceptors (Lipinski definition) is 5. The summed E-state index contributed by atoms with van der Waals surface area (Å²) in [5.41, 5.74) is 0.904. The molecule has 3 aromatic rings. The van der Waals surface area contributed by atoms with Gasteiger partial charge in [0.25, 0.3) is 0 Å². The second-order valence-electron chi connectivity index (χ2n) is 8.49. The van der Waals surface area contributed by atoms with E-state index in [0.717, 1.165) is 16.9 Å². The molecule has 2 amide bonds. The fraction of sp³-hybridized carbons (Fsp3) is 0.308. The van der Waals surface area contributed by atoms with Crippen LogP contribution in [-0.4, -0.2) is 43.2 Å². The lowest BCUT2D eigenvalue weighted by Crippen LogP contribution is -2.56. The summed E-state index contributed by atoms with van der Waals surface area (Å²) in [6.45, 7) is 0.638. The highest BCUT2D eigenvalue weighted by Crippen LogP contribution is 2.25. The van der Waals surface area contributed by atoms with Crippen LogP contribution in [0.3, 0.4) is 0 Å². The normalized spacial score (nSPS) is 17.4. The second kappa shape index (κ2) is 11.6. The third-order valence-corrected chi connectivity index (χ3v) is 8.84. The van der Waals surface area contributed by atoms with Crippen molar-refractivity contribution in [2.45, 2.75) is 49.2 Å². The lowest BCUT2D eigenvalue weighted by Gasteiger charge is -2.34. The minimum Gasteiger partial charge on any atom is -0.349 e. The van der Waals surface area contributed by atoms with Gasteiger partial charge < -0.3 is 10.6 Å². The van der Waals surface area contributed by atoms with Crippen LogP contribution >= 0.6 is 11.3 Å². The molecule has 0 bridgehead atoms. The molecule has 0 spiro atoms. The number of thiophene rings is 1. The molecule has 2 atom stereocenters. The molecule has 0 radical (unpaired) electrons. The number of piperidine rings is 1. The molecule has 4 rings (SSSR count). The first kappa shape index (κ1) is 25.1. The first-order valence-electron chi connectivity index (χ1n) is 11.7. The van der Waals surface area contributed by atoms with Crippen molar-refractivity contribution in [3.8, 4) is 0 Å².